The highest BCUT2D eigenvalue weighted by Gasteiger charge is 2.42. The third-order valence-electron chi connectivity index (χ3n) is 4.26. The molecular weight excluding hydrogens is 332 g/mol. The number of unbranched alkanes of at least 4 members (excludes halogenated alkanes) is 3. The molecule has 0 fully saturated rings. The molecule has 5 nitrogen and oxygen atoms in total. The zero-order valence-corrected chi connectivity index (χ0v) is 18.1. The summed E-state index contributed by atoms with van der Waals surface area (Å²) in [6.45, 7) is 9.41. The molecule has 0 spiro atoms. The third kappa shape index (κ3) is 12.9. The van der Waals surface area contributed by atoms with E-state index in [2.05, 4.69) is 20.8 Å². The van der Waals surface area contributed by atoms with Crippen LogP contribution < -0.4 is 11.5 Å². The largest absolute Gasteiger partial charge is 0.501 e. The zero-order chi connectivity index (χ0) is 18.8. The van der Waals surface area contributed by atoms with Crippen LogP contribution in [0.4, 0.5) is 0 Å². The van der Waals surface area contributed by atoms with Crippen molar-refractivity contribution in [2.75, 3.05) is 26.3 Å². The second-order valence-electron chi connectivity index (χ2n) is 6.79. The normalized spacial score (nSPS) is 13.3. The molecule has 6 heteroatoms. The van der Waals surface area contributed by atoms with Crippen molar-refractivity contribution in [1.29, 1.82) is 0 Å². The van der Waals surface area contributed by atoms with Crippen LogP contribution in [0.2, 0.25) is 6.04 Å². The van der Waals surface area contributed by atoms with Gasteiger partial charge in [0.2, 0.25) is 0 Å². The Morgan fingerprint density at radius 3 is 1.80 bits per heavy atom. The van der Waals surface area contributed by atoms with Gasteiger partial charge in [-0.05, 0) is 58.0 Å². The van der Waals surface area contributed by atoms with E-state index in [1.807, 2.05) is 0 Å². The molecule has 0 aliphatic carbocycles. The molecule has 4 N–H and O–H groups in total. The minimum Gasteiger partial charge on any atom is -0.373 e. The van der Waals surface area contributed by atoms with Crippen LogP contribution in [0, 0.1) is 0 Å². The van der Waals surface area contributed by atoms with Gasteiger partial charge in [0, 0.05) is 25.4 Å². The van der Waals surface area contributed by atoms with Crippen LogP contribution in [0.3, 0.4) is 0 Å². The third-order valence-corrected chi connectivity index (χ3v) is 7.21. The maximum Gasteiger partial charge on any atom is 0.501 e. The van der Waals surface area contributed by atoms with Gasteiger partial charge in [0.25, 0.3) is 0 Å². The van der Waals surface area contributed by atoms with Crippen LogP contribution in [-0.4, -0.2) is 41.2 Å². The Morgan fingerprint density at radius 2 is 1.32 bits per heavy atom. The Morgan fingerprint density at radius 1 is 0.720 bits per heavy atom. The van der Waals surface area contributed by atoms with Crippen LogP contribution >= 0.6 is 0 Å². The lowest BCUT2D eigenvalue weighted by molar-refractivity contribution is 0.0181. The highest BCUT2D eigenvalue weighted by molar-refractivity contribution is 6.60. The van der Waals surface area contributed by atoms with Crippen molar-refractivity contribution in [2.45, 2.75) is 97.1 Å². The fourth-order valence-electron chi connectivity index (χ4n) is 2.73. The van der Waals surface area contributed by atoms with Gasteiger partial charge in [-0.25, -0.2) is 0 Å². The number of nitrogens with two attached hydrogens (primary N) is 2. The number of hydrogen-bond acceptors (Lipinski definition) is 5. The van der Waals surface area contributed by atoms with E-state index in [0.29, 0.717) is 6.54 Å². The standard InChI is InChI=1S/C19H44N2O3Si/c1-4-7-16-22-25(18-11-15-21,23-17-8-5-2)24-19(12-6-3)13-9-10-14-20/h19H,4-18,20-21H2,1-3H3. The predicted octanol–water partition coefficient (Wildman–Crippen LogP) is 4.22. The van der Waals surface area contributed by atoms with Crippen LogP contribution in [0.25, 0.3) is 0 Å². The maximum absolute atomic E-state index is 6.62. The molecule has 0 saturated heterocycles. The summed E-state index contributed by atoms with van der Waals surface area (Å²) >= 11 is 0. The van der Waals surface area contributed by atoms with Gasteiger partial charge in [0.15, 0.2) is 0 Å². The molecule has 0 aromatic carbocycles. The fourth-order valence-corrected chi connectivity index (χ4v) is 5.65. The van der Waals surface area contributed by atoms with Crippen LogP contribution in [0.1, 0.15) is 85.0 Å². The van der Waals surface area contributed by atoms with Gasteiger partial charge < -0.3 is 24.7 Å². The molecule has 0 aromatic heterocycles. The van der Waals surface area contributed by atoms with Gasteiger partial charge in [-0.3, -0.25) is 0 Å². The van der Waals surface area contributed by atoms with E-state index in [1.165, 1.54) is 0 Å². The van der Waals surface area contributed by atoms with Crippen LogP contribution in [-0.2, 0) is 13.3 Å². The Bertz CT molecular complexity index is 273. The second-order valence-corrected chi connectivity index (χ2v) is 9.47. The average Bonchev–Trinajstić information content (AvgIpc) is 2.61. The molecular formula is C19H44N2O3Si. The van der Waals surface area contributed by atoms with Crippen molar-refractivity contribution in [1.82, 2.24) is 0 Å². The van der Waals surface area contributed by atoms with Crippen molar-refractivity contribution in [3.05, 3.63) is 0 Å². The second kappa shape index (κ2) is 17.4. The molecule has 0 heterocycles. The first-order valence-electron chi connectivity index (χ1n) is 10.5. The minimum atomic E-state index is -2.66. The number of rotatable bonds is 19. The molecule has 152 valence electrons. The smallest absolute Gasteiger partial charge is 0.373 e. The van der Waals surface area contributed by atoms with E-state index in [1.54, 1.807) is 0 Å². The summed E-state index contributed by atoms with van der Waals surface area (Å²) in [6, 6.07) is 0.827. The fraction of sp³-hybridized carbons (Fsp3) is 1.00. The molecule has 1 atom stereocenters. The Hall–Kier alpha value is 0.0169. The first kappa shape index (κ1) is 25.0. The van der Waals surface area contributed by atoms with E-state index in [-0.39, 0.29) is 6.10 Å². The van der Waals surface area contributed by atoms with E-state index >= 15 is 0 Å². The Labute approximate surface area is 157 Å². The lowest BCUT2D eigenvalue weighted by Crippen LogP contribution is -2.49. The highest BCUT2D eigenvalue weighted by atomic mass is 28.4. The summed E-state index contributed by atoms with van der Waals surface area (Å²) in [5.74, 6) is 0. The van der Waals surface area contributed by atoms with Crippen LogP contribution in [0.15, 0.2) is 0 Å². The van der Waals surface area contributed by atoms with E-state index in [4.69, 9.17) is 24.7 Å². The number of hydrogen-bond donors (Lipinski definition) is 2. The summed E-state index contributed by atoms with van der Waals surface area (Å²) in [7, 11) is -2.66. The maximum atomic E-state index is 6.62. The van der Waals surface area contributed by atoms with Crippen molar-refractivity contribution in [3.8, 4) is 0 Å². The monoisotopic (exact) mass is 376 g/mol. The summed E-state index contributed by atoms with van der Waals surface area (Å²) in [6.07, 6.45) is 10.8. The first-order chi connectivity index (χ1) is 12.2. The van der Waals surface area contributed by atoms with Crippen molar-refractivity contribution in [2.24, 2.45) is 11.5 Å². The summed E-state index contributed by atoms with van der Waals surface area (Å²) in [4.78, 5) is 0. The quantitative estimate of drug-likeness (QED) is 0.260. The minimum absolute atomic E-state index is 0.212. The molecule has 0 amide bonds. The summed E-state index contributed by atoms with van der Waals surface area (Å²) in [5.41, 5.74) is 11.4. The van der Waals surface area contributed by atoms with Crippen LogP contribution in [0.5, 0.6) is 0 Å². The SMILES string of the molecule is CCCCO[Si](CCCN)(OCCCC)OC(CCC)CCCCN. The molecule has 0 rings (SSSR count). The molecule has 0 bridgehead atoms. The molecule has 25 heavy (non-hydrogen) atoms. The van der Waals surface area contributed by atoms with Gasteiger partial charge in [0.05, 0.1) is 0 Å². The van der Waals surface area contributed by atoms with Gasteiger partial charge in [-0.15, -0.1) is 0 Å². The lowest BCUT2D eigenvalue weighted by Gasteiger charge is -2.34. The van der Waals surface area contributed by atoms with Crippen molar-refractivity contribution in [3.63, 3.8) is 0 Å². The van der Waals surface area contributed by atoms with Gasteiger partial charge in [-0.1, -0.05) is 40.0 Å². The lowest BCUT2D eigenvalue weighted by atomic mass is 10.1. The predicted molar refractivity (Wildman–Crippen MR) is 109 cm³/mol. The van der Waals surface area contributed by atoms with Gasteiger partial charge in [-0.2, -0.15) is 0 Å². The molecule has 0 saturated carbocycles. The summed E-state index contributed by atoms with van der Waals surface area (Å²) < 4.78 is 19.3. The van der Waals surface area contributed by atoms with E-state index in [9.17, 15) is 0 Å². The highest BCUT2D eigenvalue weighted by Crippen LogP contribution is 2.25. The molecule has 0 aliphatic heterocycles. The molecule has 0 aromatic rings. The van der Waals surface area contributed by atoms with Gasteiger partial charge in [0.1, 0.15) is 0 Å². The van der Waals surface area contributed by atoms with Gasteiger partial charge >= 0.3 is 8.80 Å². The molecule has 0 radical (unpaired) electrons. The Balaban J connectivity index is 4.99. The first-order valence-corrected chi connectivity index (χ1v) is 12.5. The Kier molecular flexibility index (Phi) is 17.4. The van der Waals surface area contributed by atoms with E-state index in [0.717, 1.165) is 90.0 Å². The van der Waals surface area contributed by atoms with Crippen molar-refractivity contribution >= 4 is 8.80 Å². The molecule has 0 aliphatic rings. The van der Waals surface area contributed by atoms with E-state index < -0.39 is 8.80 Å². The topological polar surface area (TPSA) is 79.7 Å². The van der Waals surface area contributed by atoms with Crippen molar-refractivity contribution < 1.29 is 13.3 Å². The molecule has 1 unspecified atom stereocenters. The zero-order valence-electron chi connectivity index (χ0n) is 17.1. The average molecular weight is 377 g/mol. The summed E-state index contributed by atoms with van der Waals surface area (Å²) in [5, 5.41) is 0.